The Morgan fingerprint density at radius 2 is 2.31 bits per heavy atom. The van der Waals surface area contributed by atoms with Gasteiger partial charge in [0.2, 0.25) is 0 Å². The number of nitrogens with zero attached hydrogens (tertiary/aromatic N) is 2. The molecule has 1 aromatic heterocycles. The van der Waals surface area contributed by atoms with E-state index in [1.807, 2.05) is 12.5 Å². The molecule has 1 unspecified atom stereocenters. The molecule has 3 N–H and O–H groups in total. The smallest absolute Gasteiger partial charge is 0.0951 e. The lowest BCUT2D eigenvalue weighted by Crippen LogP contribution is -2.31. The summed E-state index contributed by atoms with van der Waals surface area (Å²) in [5, 5.41) is 3.54. The average Bonchev–Trinajstić information content (AvgIpc) is 2.94. The third-order valence-corrected chi connectivity index (χ3v) is 3.19. The Morgan fingerprint density at radius 1 is 1.56 bits per heavy atom. The van der Waals surface area contributed by atoms with E-state index in [1.165, 1.54) is 18.5 Å². The average molecular weight is 222 g/mol. The maximum atomic E-state index is 5.84. The van der Waals surface area contributed by atoms with E-state index < -0.39 is 0 Å². The fourth-order valence-corrected chi connectivity index (χ4v) is 1.96. The molecule has 2 rings (SSSR count). The van der Waals surface area contributed by atoms with Gasteiger partial charge in [-0.15, -0.1) is 0 Å². The highest BCUT2D eigenvalue weighted by Crippen LogP contribution is 2.28. The summed E-state index contributed by atoms with van der Waals surface area (Å²) < 4.78 is 2.19. The molecule has 1 saturated carbocycles. The zero-order valence-corrected chi connectivity index (χ0v) is 10.2. The van der Waals surface area contributed by atoms with Crippen LogP contribution in [0.3, 0.4) is 0 Å². The fourth-order valence-electron chi connectivity index (χ4n) is 1.96. The van der Waals surface area contributed by atoms with Gasteiger partial charge in [0, 0.05) is 18.8 Å². The second-order valence-corrected chi connectivity index (χ2v) is 4.96. The molecule has 1 fully saturated rings. The summed E-state index contributed by atoms with van der Waals surface area (Å²) in [7, 11) is 0. The van der Waals surface area contributed by atoms with Gasteiger partial charge in [-0.1, -0.05) is 0 Å². The minimum Gasteiger partial charge on any atom is -0.331 e. The van der Waals surface area contributed by atoms with Gasteiger partial charge < -0.3 is 15.6 Å². The normalized spacial score (nSPS) is 18.0. The van der Waals surface area contributed by atoms with Crippen molar-refractivity contribution in [2.24, 2.45) is 11.7 Å². The van der Waals surface area contributed by atoms with Gasteiger partial charge in [-0.3, -0.25) is 0 Å². The molecule has 90 valence electrons. The van der Waals surface area contributed by atoms with E-state index in [2.05, 4.69) is 28.7 Å². The predicted octanol–water partition coefficient (Wildman–Crippen LogP) is 1.46. The van der Waals surface area contributed by atoms with Crippen molar-refractivity contribution in [2.75, 3.05) is 13.1 Å². The van der Waals surface area contributed by atoms with Crippen LogP contribution in [0.25, 0.3) is 0 Å². The van der Waals surface area contributed by atoms with E-state index in [9.17, 15) is 0 Å². The summed E-state index contributed by atoms with van der Waals surface area (Å²) in [4.78, 5) is 4.22. The molecule has 1 atom stereocenters. The molecule has 0 aliphatic heterocycles. The molecule has 0 spiro atoms. The second kappa shape index (κ2) is 4.97. The Kier molecular flexibility index (Phi) is 3.61. The summed E-state index contributed by atoms with van der Waals surface area (Å²) >= 11 is 0. The summed E-state index contributed by atoms with van der Waals surface area (Å²) in [6.07, 6.45) is 6.56. The molecule has 0 aromatic carbocycles. The van der Waals surface area contributed by atoms with Crippen molar-refractivity contribution in [3.63, 3.8) is 0 Å². The maximum absolute atomic E-state index is 5.84. The van der Waals surface area contributed by atoms with Gasteiger partial charge in [-0.2, -0.15) is 0 Å². The van der Waals surface area contributed by atoms with Crippen LogP contribution in [0, 0.1) is 5.92 Å². The van der Waals surface area contributed by atoms with Gasteiger partial charge in [0.25, 0.3) is 0 Å². The van der Waals surface area contributed by atoms with Crippen LogP contribution < -0.4 is 11.1 Å². The Morgan fingerprint density at radius 3 is 2.88 bits per heavy atom. The van der Waals surface area contributed by atoms with E-state index in [0.717, 1.165) is 12.5 Å². The molecule has 0 bridgehead atoms. The van der Waals surface area contributed by atoms with E-state index >= 15 is 0 Å². The standard InChI is InChI=1S/C12H22N4/c1-9(2)16-8-14-7-12(16)11(5-13)15-6-10-3-4-10/h7-11,15H,3-6,13H2,1-2H3. The summed E-state index contributed by atoms with van der Waals surface area (Å²) in [5.41, 5.74) is 7.04. The predicted molar refractivity (Wildman–Crippen MR) is 65.1 cm³/mol. The third-order valence-electron chi connectivity index (χ3n) is 3.19. The Labute approximate surface area is 97.2 Å². The zero-order valence-electron chi connectivity index (χ0n) is 10.2. The molecule has 0 saturated heterocycles. The van der Waals surface area contributed by atoms with Gasteiger partial charge in [0.15, 0.2) is 0 Å². The number of hydrogen-bond donors (Lipinski definition) is 2. The quantitative estimate of drug-likeness (QED) is 0.766. The van der Waals surface area contributed by atoms with E-state index in [4.69, 9.17) is 5.73 Å². The topological polar surface area (TPSA) is 55.9 Å². The molecular formula is C12H22N4. The first-order valence-corrected chi connectivity index (χ1v) is 6.17. The minimum atomic E-state index is 0.241. The summed E-state index contributed by atoms with van der Waals surface area (Å²) in [6.45, 7) is 6.05. The molecule has 0 amide bonds. The van der Waals surface area contributed by atoms with Gasteiger partial charge in [-0.05, 0) is 39.2 Å². The lowest BCUT2D eigenvalue weighted by Gasteiger charge is -2.20. The van der Waals surface area contributed by atoms with Crippen molar-refractivity contribution < 1.29 is 0 Å². The summed E-state index contributed by atoms with van der Waals surface area (Å²) in [5.74, 6) is 0.879. The fraction of sp³-hybridized carbons (Fsp3) is 0.750. The Bertz CT molecular complexity index is 328. The number of hydrogen-bond acceptors (Lipinski definition) is 3. The van der Waals surface area contributed by atoms with Crippen molar-refractivity contribution in [3.05, 3.63) is 18.2 Å². The molecule has 1 aliphatic carbocycles. The van der Waals surface area contributed by atoms with Crippen molar-refractivity contribution in [2.45, 2.75) is 38.8 Å². The molecule has 4 nitrogen and oxygen atoms in total. The maximum Gasteiger partial charge on any atom is 0.0951 e. The van der Waals surface area contributed by atoms with Crippen molar-refractivity contribution in [1.29, 1.82) is 0 Å². The lowest BCUT2D eigenvalue weighted by atomic mass is 10.2. The third kappa shape index (κ3) is 2.62. The SMILES string of the molecule is CC(C)n1cncc1C(CN)NCC1CC1. The first-order valence-electron chi connectivity index (χ1n) is 6.17. The highest BCUT2D eigenvalue weighted by molar-refractivity contribution is 5.07. The minimum absolute atomic E-state index is 0.241. The lowest BCUT2D eigenvalue weighted by molar-refractivity contribution is 0.469. The first kappa shape index (κ1) is 11.6. The molecular weight excluding hydrogens is 200 g/mol. The largest absolute Gasteiger partial charge is 0.331 e. The van der Waals surface area contributed by atoms with Crippen LogP contribution in [0.5, 0.6) is 0 Å². The highest BCUT2D eigenvalue weighted by Gasteiger charge is 2.23. The number of imidazole rings is 1. The van der Waals surface area contributed by atoms with Crippen LogP contribution in [0.1, 0.15) is 44.5 Å². The Hall–Kier alpha value is -0.870. The van der Waals surface area contributed by atoms with Gasteiger partial charge in [0.05, 0.1) is 18.1 Å². The van der Waals surface area contributed by atoms with Gasteiger partial charge in [-0.25, -0.2) is 4.98 Å². The van der Waals surface area contributed by atoms with Crippen LogP contribution in [0.15, 0.2) is 12.5 Å². The number of nitrogens with two attached hydrogens (primary N) is 1. The first-order chi connectivity index (χ1) is 7.72. The van der Waals surface area contributed by atoms with Crippen LogP contribution in [0.4, 0.5) is 0 Å². The zero-order chi connectivity index (χ0) is 11.5. The van der Waals surface area contributed by atoms with Crippen molar-refractivity contribution in [3.8, 4) is 0 Å². The molecule has 4 heteroatoms. The van der Waals surface area contributed by atoms with Crippen LogP contribution in [-0.2, 0) is 0 Å². The van der Waals surface area contributed by atoms with Crippen molar-refractivity contribution >= 4 is 0 Å². The molecule has 1 aliphatic rings. The van der Waals surface area contributed by atoms with Crippen LogP contribution in [0.2, 0.25) is 0 Å². The van der Waals surface area contributed by atoms with Gasteiger partial charge in [0.1, 0.15) is 0 Å². The van der Waals surface area contributed by atoms with Crippen molar-refractivity contribution in [1.82, 2.24) is 14.9 Å². The monoisotopic (exact) mass is 222 g/mol. The number of rotatable bonds is 6. The van der Waals surface area contributed by atoms with Crippen LogP contribution in [-0.4, -0.2) is 22.6 Å². The molecule has 16 heavy (non-hydrogen) atoms. The van der Waals surface area contributed by atoms with E-state index in [0.29, 0.717) is 12.6 Å². The second-order valence-electron chi connectivity index (χ2n) is 4.96. The molecule has 1 heterocycles. The number of aromatic nitrogens is 2. The number of nitrogens with one attached hydrogen (secondary N) is 1. The van der Waals surface area contributed by atoms with Gasteiger partial charge >= 0.3 is 0 Å². The van der Waals surface area contributed by atoms with E-state index in [1.54, 1.807) is 0 Å². The van der Waals surface area contributed by atoms with Crippen LogP contribution >= 0.6 is 0 Å². The highest BCUT2D eigenvalue weighted by atomic mass is 15.1. The summed E-state index contributed by atoms with van der Waals surface area (Å²) in [6, 6.07) is 0.680. The Balaban J connectivity index is 2.02. The molecule has 0 radical (unpaired) electrons. The molecule has 1 aromatic rings. The van der Waals surface area contributed by atoms with E-state index in [-0.39, 0.29) is 6.04 Å².